The Morgan fingerprint density at radius 3 is 2.14 bits per heavy atom. The number of rotatable bonds is 4. The fourth-order valence-electron chi connectivity index (χ4n) is 1.54. The molecule has 1 rings (SSSR count). The molecule has 1 nitrogen and oxygen atoms in total. The van der Waals surface area contributed by atoms with Crippen LogP contribution in [0.5, 0.6) is 0 Å². The van der Waals surface area contributed by atoms with Crippen molar-refractivity contribution in [2.24, 2.45) is 11.8 Å². The Morgan fingerprint density at radius 2 is 1.71 bits per heavy atom. The van der Waals surface area contributed by atoms with Gasteiger partial charge in [0.2, 0.25) is 0 Å². The molecule has 0 aliphatic rings. The van der Waals surface area contributed by atoms with Crippen molar-refractivity contribution < 1.29 is 5.11 Å². The first-order valence-corrected chi connectivity index (χ1v) is 5.30. The predicted octanol–water partition coefficient (Wildman–Crippen LogP) is 2.80. The van der Waals surface area contributed by atoms with Gasteiger partial charge in [0.25, 0.3) is 0 Å². The van der Waals surface area contributed by atoms with E-state index < -0.39 is 0 Å². The zero-order valence-electron chi connectivity index (χ0n) is 9.33. The third-order valence-electron chi connectivity index (χ3n) is 2.80. The first-order valence-electron chi connectivity index (χ1n) is 5.30. The third kappa shape index (κ3) is 3.15. The second-order valence-corrected chi connectivity index (χ2v) is 4.38. The van der Waals surface area contributed by atoms with Crippen molar-refractivity contribution in [3.63, 3.8) is 0 Å². The smallest absolute Gasteiger partial charge is 0.0464 e. The first-order chi connectivity index (χ1) is 6.63. The van der Waals surface area contributed by atoms with E-state index in [1.54, 1.807) is 0 Å². The van der Waals surface area contributed by atoms with Gasteiger partial charge in [-0.15, -0.1) is 0 Å². The van der Waals surface area contributed by atoms with Crippen LogP contribution in [0.4, 0.5) is 0 Å². The van der Waals surface area contributed by atoms with E-state index in [-0.39, 0.29) is 6.61 Å². The van der Waals surface area contributed by atoms with E-state index in [0.29, 0.717) is 11.8 Å². The standard InChI is InChI=1S/C13H20O/c1-10(2)13(9-14)8-12-6-4-11(3)5-7-12/h4-7,10,13-14H,8-9H2,1-3H3. The molecule has 1 aromatic rings. The van der Waals surface area contributed by atoms with Crippen LogP contribution in [0.3, 0.4) is 0 Å². The largest absolute Gasteiger partial charge is 0.396 e. The van der Waals surface area contributed by atoms with Crippen LogP contribution in [-0.2, 0) is 6.42 Å². The summed E-state index contributed by atoms with van der Waals surface area (Å²) in [5.41, 5.74) is 2.61. The van der Waals surface area contributed by atoms with Gasteiger partial charge in [-0.2, -0.15) is 0 Å². The Hall–Kier alpha value is -0.820. The van der Waals surface area contributed by atoms with E-state index in [1.165, 1.54) is 11.1 Å². The van der Waals surface area contributed by atoms with Crippen molar-refractivity contribution in [3.05, 3.63) is 35.4 Å². The highest BCUT2D eigenvalue weighted by Gasteiger charge is 2.12. The molecule has 0 bridgehead atoms. The molecule has 1 aromatic carbocycles. The van der Waals surface area contributed by atoms with Crippen LogP contribution in [0, 0.1) is 18.8 Å². The van der Waals surface area contributed by atoms with E-state index in [9.17, 15) is 5.11 Å². The highest BCUT2D eigenvalue weighted by atomic mass is 16.3. The molecule has 1 heteroatoms. The molecule has 1 N–H and O–H groups in total. The van der Waals surface area contributed by atoms with Gasteiger partial charge in [-0.1, -0.05) is 43.7 Å². The molecule has 0 aromatic heterocycles. The molecular formula is C13H20O. The topological polar surface area (TPSA) is 20.2 Å². The van der Waals surface area contributed by atoms with Gasteiger partial charge in [-0.3, -0.25) is 0 Å². The molecule has 1 unspecified atom stereocenters. The molecule has 78 valence electrons. The number of aliphatic hydroxyl groups is 1. The van der Waals surface area contributed by atoms with Crippen LogP contribution in [0.1, 0.15) is 25.0 Å². The number of aryl methyl sites for hydroxylation is 1. The highest BCUT2D eigenvalue weighted by molar-refractivity contribution is 5.21. The summed E-state index contributed by atoms with van der Waals surface area (Å²) in [5, 5.41) is 9.21. The summed E-state index contributed by atoms with van der Waals surface area (Å²) in [6.07, 6.45) is 0.981. The summed E-state index contributed by atoms with van der Waals surface area (Å²) in [5.74, 6) is 0.930. The van der Waals surface area contributed by atoms with Gasteiger partial charge in [0, 0.05) is 6.61 Å². The van der Waals surface area contributed by atoms with Crippen LogP contribution < -0.4 is 0 Å². The number of hydrogen-bond donors (Lipinski definition) is 1. The van der Waals surface area contributed by atoms with Gasteiger partial charge in [0.1, 0.15) is 0 Å². The van der Waals surface area contributed by atoms with E-state index in [1.807, 2.05) is 0 Å². The number of hydrogen-bond acceptors (Lipinski definition) is 1. The SMILES string of the molecule is Cc1ccc(CC(CO)C(C)C)cc1. The maximum atomic E-state index is 9.21. The minimum atomic E-state index is 0.283. The van der Waals surface area contributed by atoms with Crippen molar-refractivity contribution >= 4 is 0 Å². The Balaban J connectivity index is 2.63. The first kappa shape index (κ1) is 11.3. The molecule has 1 atom stereocenters. The molecule has 0 fully saturated rings. The Kier molecular flexibility index (Phi) is 4.15. The summed E-state index contributed by atoms with van der Waals surface area (Å²) in [7, 11) is 0. The van der Waals surface area contributed by atoms with E-state index in [0.717, 1.165) is 6.42 Å². The molecule has 14 heavy (non-hydrogen) atoms. The number of aliphatic hydroxyl groups excluding tert-OH is 1. The fraction of sp³-hybridized carbons (Fsp3) is 0.538. The van der Waals surface area contributed by atoms with Crippen LogP contribution in [-0.4, -0.2) is 11.7 Å². The van der Waals surface area contributed by atoms with Crippen molar-refractivity contribution in [3.8, 4) is 0 Å². The Bertz CT molecular complexity index is 261. The van der Waals surface area contributed by atoms with Gasteiger partial charge < -0.3 is 5.11 Å². The van der Waals surface area contributed by atoms with Gasteiger partial charge in [-0.05, 0) is 30.7 Å². The average Bonchev–Trinajstić information content (AvgIpc) is 2.16. The maximum Gasteiger partial charge on any atom is 0.0464 e. The molecule has 0 aliphatic heterocycles. The maximum absolute atomic E-state index is 9.21. The Labute approximate surface area is 86.8 Å². The molecule has 0 amide bonds. The van der Waals surface area contributed by atoms with E-state index in [2.05, 4.69) is 45.0 Å². The minimum Gasteiger partial charge on any atom is -0.396 e. The zero-order chi connectivity index (χ0) is 10.6. The molecule has 0 radical (unpaired) electrons. The molecule has 0 saturated carbocycles. The predicted molar refractivity (Wildman–Crippen MR) is 60.3 cm³/mol. The van der Waals surface area contributed by atoms with Crippen molar-refractivity contribution in [1.82, 2.24) is 0 Å². The summed E-state index contributed by atoms with van der Waals surface area (Å²) in [4.78, 5) is 0. The summed E-state index contributed by atoms with van der Waals surface area (Å²) in [6, 6.07) is 8.56. The van der Waals surface area contributed by atoms with E-state index in [4.69, 9.17) is 0 Å². The van der Waals surface area contributed by atoms with Gasteiger partial charge >= 0.3 is 0 Å². The quantitative estimate of drug-likeness (QED) is 0.777. The summed E-state index contributed by atoms with van der Waals surface area (Å²) in [6.45, 7) is 6.70. The lowest BCUT2D eigenvalue weighted by Gasteiger charge is -2.18. The second-order valence-electron chi connectivity index (χ2n) is 4.38. The van der Waals surface area contributed by atoms with Crippen LogP contribution >= 0.6 is 0 Å². The van der Waals surface area contributed by atoms with Crippen molar-refractivity contribution in [1.29, 1.82) is 0 Å². The molecule has 0 saturated heterocycles. The number of benzene rings is 1. The lowest BCUT2D eigenvalue weighted by Crippen LogP contribution is -2.16. The van der Waals surface area contributed by atoms with Gasteiger partial charge in [0.05, 0.1) is 0 Å². The van der Waals surface area contributed by atoms with Crippen molar-refractivity contribution in [2.75, 3.05) is 6.61 Å². The monoisotopic (exact) mass is 192 g/mol. The molecule has 0 heterocycles. The van der Waals surface area contributed by atoms with E-state index >= 15 is 0 Å². The molecule has 0 spiro atoms. The van der Waals surface area contributed by atoms with Crippen LogP contribution in [0.2, 0.25) is 0 Å². The normalized spacial score (nSPS) is 13.2. The van der Waals surface area contributed by atoms with Gasteiger partial charge in [0.15, 0.2) is 0 Å². The lowest BCUT2D eigenvalue weighted by molar-refractivity contribution is 0.189. The van der Waals surface area contributed by atoms with Gasteiger partial charge in [-0.25, -0.2) is 0 Å². The summed E-state index contributed by atoms with van der Waals surface area (Å²) >= 11 is 0. The highest BCUT2D eigenvalue weighted by Crippen LogP contribution is 2.16. The minimum absolute atomic E-state index is 0.283. The molecular weight excluding hydrogens is 172 g/mol. The zero-order valence-corrected chi connectivity index (χ0v) is 9.33. The summed E-state index contributed by atoms with van der Waals surface area (Å²) < 4.78 is 0. The van der Waals surface area contributed by atoms with Crippen molar-refractivity contribution in [2.45, 2.75) is 27.2 Å². The lowest BCUT2D eigenvalue weighted by atomic mass is 9.90. The average molecular weight is 192 g/mol. The second kappa shape index (κ2) is 5.16. The molecule has 0 aliphatic carbocycles. The van der Waals surface area contributed by atoms with Crippen LogP contribution in [0.25, 0.3) is 0 Å². The van der Waals surface area contributed by atoms with Crippen LogP contribution in [0.15, 0.2) is 24.3 Å². The fourth-order valence-corrected chi connectivity index (χ4v) is 1.54. The third-order valence-corrected chi connectivity index (χ3v) is 2.80. The Morgan fingerprint density at radius 1 is 1.14 bits per heavy atom.